The molecular formula is C27H30F3N5O. The van der Waals surface area contributed by atoms with Crippen LogP contribution in [0, 0.1) is 11.3 Å². The highest BCUT2D eigenvalue weighted by atomic mass is 19.4. The second-order valence-electron chi connectivity index (χ2n) is 10.6. The van der Waals surface area contributed by atoms with Crippen LogP contribution >= 0.6 is 0 Å². The van der Waals surface area contributed by atoms with Crippen molar-refractivity contribution in [2.75, 3.05) is 26.2 Å². The molecule has 0 spiro atoms. The molecule has 1 saturated heterocycles. The Morgan fingerprint density at radius 1 is 1.08 bits per heavy atom. The van der Waals surface area contributed by atoms with Crippen molar-refractivity contribution in [1.29, 1.82) is 0 Å². The van der Waals surface area contributed by atoms with E-state index in [1.54, 1.807) is 0 Å². The van der Waals surface area contributed by atoms with Crippen LogP contribution in [0.3, 0.4) is 0 Å². The lowest BCUT2D eigenvalue weighted by molar-refractivity contribution is -0.192. The van der Waals surface area contributed by atoms with Gasteiger partial charge in [-0.3, -0.25) is 14.5 Å². The molecule has 6 rings (SSSR count). The fraction of sp³-hybridized carbons (Fsp3) is 0.519. The van der Waals surface area contributed by atoms with Gasteiger partial charge in [-0.2, -0.15) is 18.3 Å². The number of halogens is 3. The second-order valence-corrected chi connectivity index (χ2v) is 10.6. The molecule has 190 valence electrons. The standard InChI is InChI=1S/C27H30F3N5O/c28-27(29,30)26(5-6-26)17-34-8-3-18(4-9-34)25(36)13-22-12-21-11-19(1-2-20(21)14-32-22)23-15-33-35-10-7-31-16-24(23)35/h1-2,11-12,14-15,18,31H,3-10,13,16-17H2. The van der Waals surface area contributed by atoms with Crippen molar-refractivity contribution in [3.63, 3.8) is 0 Å². The normalized spacial score (nSPS) is 20.4. The zero-order valence-corrected chi connectivity index (χ0v) is 20.2. The monoisotopic (exact) mass is 497 g/mol. The van der Waals surface area contributed by atoms with Crippen LogP contribution in [-0.4, -0.2) is 57.8 Å². The van der Waals surface area contributed by atoms with Crippen molar-refractivity contribution < 1.29 is 18.0 Å². The number of fused-ring (bicyclic) bond motifs is 2. The smallest absolute Gasteiger partial charge is 0.309 e. The van der Waals surface area contributed by atoms with E-state index in [0.29, 0.717) is 25.9 Å². The number of rotatable bonds is 6. The van der Waals surface area contributed by atoms with E-state index in [9.17, 15) is 18.0 Å². The third kappa shape index (κ3) is 4.43. The van der Waals surface area contributed by atoms with Gasteiger partial charge in [0.2, 0.25) is 0 Å². The zero-order chi connectivity index (χ0) is 24.9. The van der Waals surface area contributed by atoms with Gasteiger partial charge in [-0.05, 0) is 61.9 Å². The van der Waals surface area contributed by atoms with Crippen LogP contribution in [0.1, 0.15) is 37.1 Å². The number of hydrogen-bond donors (Lipinski definition) is 1. The third-order valence-corrected chi connectivity index (χ3v) is 8.21. The van der Waals surface area contributed by atoms with Gasteiger partial charge >= 0.3 is 6.18 Å². The van der Waals surface area contributed by atoms with Gasteiger partial charge in [0.15, 0.2) is 0 Å². The van der Waals surface area contributed by atoms with E-state index >= 15 is 0 Å². The second kappa shape index (κ2) is 8.95. The number of benzene rings is 1. The summed E-state index contributed by atoms with van der Waals surface area (Å²) >= 11 is 0. The van der Waals surface area contributed by atoms with Gasteiger partial charge in [0, 0.05) is 54.8 Å². The van der Waals surface area contributed by atoms with Gasteiger partial charge < -0.3 is 10.2 Å². The van der Waals surface area contributed by atoms with Crippen molar-refractivity contribution in [2.45, 2.75) is 51.4 Å². The van der Waals surface area contributed by atoms with Crippen LogP contribution in [0.25, 0.3) is 21.9 Å². The Morgan fingerprint density at radius 2 is 1.89 bits per heavy atom. The molecule has 2 aliphatic heterocycles. The van der Waals surface area contributed by atoms with E-state index in [4.69, 9.17) is 0 Å². The van der Waals surface area contributed by atoms with E-state index in [-0.39, 0.29) is 37.5 Å². The van der Waals surface area contributed by atoms with Gasteiger partial charge in [0.05, 0.1) is 23.9 Å². The Kier molecular flexibility index (Phi) is 5.87. The molecule has 1 aromatic carbocycles. The van der Waals surface area contributed by atoms with E-state index < -0.39 is 11.6 Å². The zero-order valence-electron chi connectivity index (χ0n) is 20.2. The van der Waals surface area contributed by atoms with Crippen LogP contribution in [0.5, 0.6) is 0 Å². The molecule has 1 aliphatic carbocycles. The molecule has 0 unspecified atom stereocenters. The summed E-state index contributed by atoms with van der Waals surface area (Å²) in [5, 5.41) is 9.97. The summed E-state index contributed by atoms with van der Waals surface area (Å²) in [6, 6.07) is 8.25. The Bertz CT molecular complexity index is 1290. The average molecular weight is 498 g/mol. The molecule has 0 radical (unpaired) electrons. The summed E-state index contributed by atoms with van der Waals surface area (Å²) in [6.45, 7) is 3.74. The highest BCUT2D eigenvalue weighted by Crippen LogP contribution is 2.58. The van der Waals surface area contributed by atoms with E-state index in [1.807, 2.05) is 34.1 Å². The summed E-state index contributed by atoms with van der Waals surface area (Å²) in [7, 11) is 0. The number of nitrogens with one attached hydrogen (secondary N) is 1. The third-order valence-electron chi connectivity index (χ3n) is 8.21. The van der Waals surface area contributed by atoms with Crippen LogP contribution in [-0.2, 0) is 24.3 Å². The number of aromatic nitrogens is 3. The predicted molar refractivity (Wildman–Crippen MR) is 130 cm³/mol. The average Bonchev–Trinajstić information content (AvgIpc) is 3.54. The Balaban J connectivity index is 1.11. The topological polar surface area (TPSA) is 63.1 Å². The van der Waals surface area contributed by atoms with Gasteiger partial charge in [-0.1, -0.05) is 12.1 Å². The number of pyridine rings is 1. The lowest BCUT2D eigenvalue weighted by Crippen LogP contribution is -2.43. The summed E-state index contributed by atoms with van der Waals surface area (Å²) in [6.07, 6.45) is 1.54. The van der Waals surface area contributed by atoms with Crippen molar-refractivity contribution in [3.05, 3.63) is 48.0 Å². The SMILES string of the molecule is O=C(Cc1cc2cc(-c3cnn4c3CNCC4)ccc2cn1)C1CCN(CC2(C(F)(F)F)CC2)CC1. The number of likely N-dealkylation sites (tertiary alicyclic amines) is 1. The van der Waals surface area contributed by atoms with Gasteiger partial charge in [-0.25, -0.2) is 0 Å². The molecule has 0 amide bonds. The van der Waals surface area contributed by atoms with Crippen molar-refractivity contribution in [3.8, 4) is 11.1 Å². The number of Topliss-reactive ketones (excluding diaryl/α,β-unsaturated/α-hetero) is 1. The van der Waals surface area contributed by atoms with E-state index in [1.165, 1.54) is 5.69 Å². The maximum atomic E-state index is 13.3. The van der Waals surface area contributed by atoms with Gasteiger partial charge in [0.25, 0.3) is 0 Å². The van der Waals surface area contributed by atoms with Crippen molar-refractivity contribution >= 4 is 16.6 Å². The van der Waals surface area contributed by atoms with Crippen LogP contribution in [0.15, 0.2) is 36.7 Å². The molecule has 0 bridgehead atoms. The Hall–Kier alpha value is -2.78. The van der Waals surface area contributed by atoms with E-state index in [0.717, 1.165) is 47.2 Å². The van der Waals surface area contributed by atoms with Crippen LogP contribution < -0.4 is 5.32 Å². The minimum absolute atomic E-state index is 0.0721. The summed E-state index contributed by atoms with van der Waals surface area (Å²) < 4.78 is 41.9. The quantitative estimate of drug-likeness (QED) is 0.548. The Labute approximate surface area is 207 Å². The highest BCUT2D eigenvalue weighted by molar-refractivity contribution is 5.89. The highest BCUT2D eigenvalue weighted by Gasteiger charge is 2.63. The van der Waals surface area contributed by atoms with Crippen molar-refractivity contribution in [2.24, 2.45) is 11.3 Å². The first kappa shape index (κ1) is 23.6. The lowest BCUT2D eigenvalue weighted by Gasteiger charge is -2.34. The number of ketones is 1. The molecular weight excluding hydrogens is 467 g/mol. The van der Waals surface area contributed by atoms with Crippen LogP contribution in [0.2, 0.25) is 0 Å². The molecule has 3 aromatic rings. The summed E-state index contributed by atoms with van der Waals surface area (Å²) in [5.74, 6) is 0.0175. The molecule has 1 saturated carbocycles. The number of hydrogen-bond acceptors (Lipinski definition) is 5. The maximum Gasteiger partial charge on any atom is 0.395 e. The molecule has 2 aromatic heterocycles. The Morgan fingerprint density at radius 3 is 2.64 bits per heavy atom. The maximum absolute atomic E-state index is 13.3. The molecule has 36 heavy (non-hydrogen) atoms. The number of nitrogens with zero attached hydrogens (tertiary/aromatic N) is 4. The fourth-order valence-corrected chi connectivity index (χ4v) is 5.72. The largest absolute Gasteiger partial charge is 0.395 e. The minimum Gasteiger partial charge on any atom is -0.309 e. The lowest BCUT2D eigenvalue weighted by atomic mass is 9.89. The molecule has 0 atom stereocenters. The summed E-state index contributed by atoms with van der Waals surface area (Å²) in [5.41, 5.74) is 2.61. The number of carbonyl (C=O) groups excluding carboxylic acids is 1. The van der Waals surface area contributed by atoms with Gasteiger partial charge in [-0.15, -0.1) is 0 Å². The van der Waals surface area contributed by atoms with E-state index in [2.05, 4.69) is 27.5 Å². The predicted octanol–water partition coefficient (Wildman–Crippen LogP) is 4.37. The molecule has 1 N–H and O–H groups in total. The first-order chi connectivity index (χ1) is 17.3. The molecule has 4 heterocycles. The molecule has 6 nitrogen and oxygen atoms in total. The van der Waals surface area contributed by atoms with Crippen LogP contribution in [0.4, 0.5) is 13.2 Å². The number of piperidine rings is 1. The molecule has 9 heteroatoms. The van der Waals surface area contributed by atoms with Gasteiger partial charge in [0.1, 0.15) is 5.78 Å². The minimum atomic E-state index is -4.13. The fourth-order valence-electron chi connectivity index (χ4n) is 5.72. The molecule has 3 aliphatic rings. The van der Waals surface area contributed by atoms with Crippen molar-refractivity contribution in [1.82, 2.24) is 25.0 Å². The first-order valence-corrected chi connectivity index (χ1v) is 12.8. The first-order valence-electron chi connectivity index (χ1n) is 12.8. The number of carbonyl (C=O) groups is 1. The summed E-state index contributed by atoms with van der Waals surface area (Å²) in [4.78, 5) is 19.4. The number of alkyl halides is 3. The molecule has 2 fully saturated rings.